The van der Waals surface area contributed by atoms with Gasteiger partial charge >= 0.3 is 0 Å². The van der Waals surface area contributed by atoms with Crippen molar-refractivity contribution in [2.75, 3.05) is 0 Å². The summed E-state index contributed by atoms with van der Waals surface area (Å²) >= 11 is 9.29. The molecule has 0 saturated carbocycles. The summed E-state index contributed by atoms with van der Waals surface area (Å²) in [4.78, 5) is 0. The maximum absolute atomic E-state index is 13.2. The van der Waals surface area contributed by atoms with Gasteiger partial charge in [0.1, 0.15) is 5.82 Å². The van der Waals surface area contributed by atoms with Crippen LogP contribution in [-0.4, -0.2) is 0 Å². The van der Waals surface area contributed by atoms with Crippen LogP contribution >= 0.6 is 27.5 Å². The van der Waals surface area contributed by atoms with Gasteiger partial charge in [-0.25, -0.2) is 4.39 Å². The normalized spacial score (nSPS) is 12.4. The van der Waals surface area contributed by atoms with Gasteiger partial charge in [0.25, 0.3) is 0 Å². The first-order valence-electron chi connectivity index (χ1n) is 5.76. The second-order valence-corrected chi connectivity index (χ2v) is 5.45. The molecule has 2 aromatic carbocycles. The molecule has 0 saturated heterocycles. The maximum atomic E-state index is 13.2. The van der Waals surface area contributed by atoms with E-state index < -0.39 is 5.82 Å². The molecule has 3 N–H and O–H groups in total. The Labute approximate surface area is 124 Å². The van der Waals surface area contributed by atoms with E-state index in [0.29, 0.717) is 6.42 Å². The quantitative estimate of drug-likeness (QED) is 0.651. The van der Waals surface area contributed by atoms with Gasteiger partial charge in [0.05, 0.1) is 11.1 Å². The molecule has 0 radical (unpaired) electrons. The van der Waals surface area contributed by atoms with Gasteiger partial charge in [0, 0.05) is 4.47 Å². The molecule has 0 amide bonds. The van der Waals surface area contributed by atoms with E-state index in [-0.39, 0.29) is 11.1 Å². The Morgan fingerprint density at radius 3 is 2.63 bits per heavy atom. The standard InChI is InChI=1S/C14H13BrClFN2/c15-11-4-2-1-3-9(11)8-14(19-18)10-5-6-13(17)12(16)7-10/h1-7,14,19H,8,18H2. The van der Waals surface area contributed by atoms with E-state index in [9.17, 15) is 4.39 Å². The minimum absolute atomic E-state index is 0.102. The number of nitrogens with two attached hydrogens (primary N) is 1. The smallest absolute Gasteiger partial charge is 0.141 e. The van der Waals surface area contributed by atoms with E-state index >= 15 is 0 Å². The average Bonchev–Trinajstić information content (AvgIpc) is 2.41. The van der Waals surface area contributed by atoms with Crippen molar-refractivity contribution < 1.29 is 4.39 Å². The monoisotopic (exact) mass is 342 g/mol. The molecule has 1 atom stereocenters. The third kappa shape index (κ3) is 3.54. The predicted molar refractivity (Wildman–Crippen MR) is 79.3 cm³/mol. The van der Waals surface area contributed by atoms with Crippen LogP contribution < -0.4 is 11.3 Å². The topological polar surface area (TPSA) is 38.0 Å². The van der Waals surface area contributed by atoms with Gasteiger partial charge in [0.15, 0.2) is 0 Å². The van der Waals surface area contributed by atoms with Crippen LogP contribution in [0.3, 0.4) is 0 Å². The molecule has 1 unspecified atom stereocenters. The van der Waals surface area contributed by atoms with Crippen molar-refractivity contribution >= 4 is 27.5 Å². The highest BCUT2D eigenvalue weighted by atomic mass is 79.9. The lowest BCUT2D eigenvalue weighted by Crippen LogP contribution is -2.29. The van der Waals surface area contributed by atoms with Crippen molar-refractivity contribution in [1.29, 1.82) is 0 Å². The Bertz CT molecular complexity index is 577. The van der Waals surface area contributed by atoms with Crippen LogP contribution in [0.4, 0.5) is 4.39 Å². The largest absolute Gasteiger partial charge is 0.271 e. The minimum atomic E-state index is -0.429. The number of hydrazine groups is 1. The van der Waals surface area contributed by atoms with Crippen LogP contribution in [0.15, 0.2) is 46.9 Å². The molecule has 2 aromatic rings. The molecule has 19 heavy (non-hydrogen) atoms. The van der Waals surface area contributed by atoms with Crippen LogP contribution in [0.5, 0.6) is 0 Å². The summed E-state index contributed by atoms with van der Waals surface area (Å²) in [5, 5.41) is 0.102. The zero-order valence-electron chi connectivity index (χ0n) is 10.0. The van der Waals surface area contributed by atoms with E-state index in [4.69, 9.17) is 17.4 Å². The van der Waals surface area contributed by atoms with Gasteiger partial charge < -0.3 is 0 Å². The molecule has 0 aliphatic heterocycles. The number of hydrogen-bond acceptors (Lipinski definition) is 2. The summed E-state index contributed by atoms with van der Waals surface area (Å²) in [6.07, 6.45) is 0.680. The lowest BCUT2D eigenvalue weighted by molar-refractivity contribution is 0.548. The fourth-order valence-electron chi connectivity index (χ4n) is 1.89. The van der Waals surface area contributed by atoms with Crippen molar-refractivity contribution in [3.05, 3.63) is 68.9 Å². The fraction of sp³-hybridized carbons (Fsp3) is 0.143. The molecular weight excluding hydrogens is 331 g/mol. The first kappa shape index (κ1) is 14.5. The Morgan fingerprint density at radius 2 is 2.00 bits per heavy atom. The zero-order chi connectivity index (χ0) is 13.8. The lowest BCUT2D eigenvalue weighted by Gasteiger charge is -2.17. The molecule has 2 rings (SSSR count). The molecule has 0 aliphatic carbocycles. The molecule has 0 aromatic heterocycles. The van der Waals surface area contributed by atoms with Gasteiger partial charge in [-0.2, -0.15) is 0 Å². The van der Waals surface area contributed by atoms with Crippen molar-refractivity contribution in [2.24, 2.45) is 5.84 Å². The second kappa shape index (κ2) is 6.48. The van der Waals surface area contributed by atoms with E-state index in [1.54, 1.807) is 12.1 Å². The lowest BCUT2D eigenvalue weighted by atomic mass is 9.99. The highest BCUT2D eigenvalue weighted by Crippen LogP contribution is 2.26. The molecule has 100 valence electrons. The summed E-state index contributed by atoms with van der Waals surface area (Å²) < 4.78 is 14.2. The van der Waals surface area contributed by atoms with E-state index in [2.05, 4.69) is 21.4 Å². The Kier molecular flexibility index (Phi) is 4.93. The first-order valence-corrected chi connectivity index (χ1v) is 6.93. The van der Waals surface area contributed by atoms with Gasteiger partial charge in [0.2, 0.25) is 0 Å². The number of hydrogen-bond donors (Lipinski definition) is 2. The van der Waals surface area contributed by atoms with Gasteiger partial charge in [-0.15, -0.1) is 0 Å². The molecule has 2 nitrogen and oxygen atoms in total. The van der Waals surface area contributed by atoms with Crippen LogP contribution in [0, 0.1) is 5.82 Å². The summed E-state index contributed by atoms with van der Waals surface area (Å²) in [5.41, 5.74) is 4.71. The van der Waals surface area contributed by atoms with Crippen LogP contribution in [0.1, 0.15) is 17.2 Å². The molecule has 0 fully saturated rings. The Balaban J connectivity index is 2.25. The highest BCUT2D eigenvalue weighted by Gasteiger charge is 2.13. The van der Waals surface area contributed by atoms with Gasteiger partial charge in [-0.05, 0) is 35.7 Å². The van der Waals surface area contributed by atoms with Crippen LogP contribution in [0.25, 0.3) is 0 Å². The van der Waals surface area contributed by atoms with Crippen molar-refractivity contribution in [2.45, 2.75) is 12.5 Å². The molecule has 0 spiro atoms. The third-order valence-electron chi connectivity index (χ3n) is 2.93. The van der Waals surface area contributed by atoms with E-state index in [1.807, 2.05) is 24.3 Å². The van der Waals surface area contributed by atoms with Crippen molar-refractivity contribution in [3.8, 4) is 0 Å². The number of halogens is 3. The van der Waals surface area contributed by atoms with Gasteiger partial charge in [-0.3, -0.25) is 11.3 Å². The molecular formula is C14H13BrClFN2. The van der Waals surface area contributed by atoms with Crippen LogP contribution in [-0.2, 0) is 6.42 Å². The number of benzene rings is 2. The van der Waals surface area contributed by atoms with Crippen molar-refractivity contribution in [3.63, 3.8) is 0 Å². The molecule has 0 heterocycles. The Hall–Kier alpha value is -0.940. The number of rotatable bonds is 4. The molecule has 0 bridgehead atoms. The summed E-state index contributed by atoms with van der Waals surface area (Å²) in [6.45, 7) is 0. The van der Waals surface area contributed by atoms with Crippen molar-refractivity contribution in [1.82, 2.24) is 5.43 Å². The fourth-order valence-corrected chi connectivity index (χ4v) is 2.52. The first-order chi connectivity index (χ1) is 9.11. The summed E-state index contributed by atoms with van der Waals surface area (Å²) in [5.74, 6) is 5.16. The number of nitrogens with one attached hydrogen (secondary N) is 1. The summed E-state index contributed by atoms with van der Waals surface area (Å²) in [6, 6.07) is 12.4. The molecule has 5 heteroatoms. The average molecular weight is 344 g/mol. The second-order valence-electron chi connectivity index (χ2n) is 4.19. The SMILES string of the molecule is NNC(Cc1ccccc1Br)c1ccc(F)c(Cl)c1. The molecule has 0 aliphatic rings. The van der Waals surface area contributed by atoms with Gasteiger partial charge in [-0.1, -0.05) is 51.8 Å². The van der Waals surface area contributed by atoms with E-state index in [0.717, 1.165) is 15.6 Å². The van der Waals surface area contributed by atoms with Crippen LogP contribution in [0.2, 0.25) is 5.02 Å². The zero-order valence-corrected chi connectivity index (χ0v) is 12.4. The van der Waals surface area contributed by atoms with E-state index in [1.165, 1.54) is 6.07 Å². The third-order valence-corrected chi connectivity index (χ3v) is 3.99. The summed E-state index contributed by atoms with van der Waals surface area (Å²) in [7, 11) is 0. The minimum Gasteiger partial charge on any atom is -0.271 e. The maximum Gasteiger partial charge on any atom is 0.141 e. The predicted octanol–water partition coefficient (Wildman–Crippen LogP) is 3.99. The highest BCUT2D eigenvalue weighted by molar-refractivity contribution is 9.10. The Morgan fingerprint density at radius 1 is 1.26 bits per heavy atom.